The minimum absolute atomic E-state index is 0.228. The van der Waals surface area contributed by atoms with Crippen molar-refractivity contribution >= 4 is 11.9 Å². The Morgan fingerprint density at radius 1 is 1.26 bits per heavy atom. The highest BCUT2D eigenvalue weighted by Crippen LogP contribution is 2.15. The molecule has 1 heterocycles. The zero-order valence-electron chi connectivity index (χ0n) is 13.5. The number of carbonyl (C=O) groups excluding carboxylic acids is 1. The summed E-state index contributed by atoms with van der Waals surface area (Å²) in [6, 6.07) is 9.91. The van der Waals surface area contributed by atoms with E-state index < -0.39 is 17.9 Å². The SMILES string of the molecule is CC(C)c1cc(C(=O)NC(Cc2ccccc2)C(=O)O)nn1C. The summed E-state index contributed by atoms with van der Waals surface area (Å²) < 4.78 is 1.65. The van der Waals surface area contributed by atoms with E-state index in [-0.39, 0.29) is 18.0 Å². The fourth-order valence-corrected chi connectivity index (χ4v) is 2.42. The van der Waals surface area contributed by atoms with Crippen LogP contribution in [0.15, 0.2) is 36.4 Å². The average molecular weight is 315 g/mol. The maximum absolute atomic E-state index is 12.3. The molecule has 0 radical (unpaired) electrons. The van der Waals surface area contributed by atoms with Gasteiger partial charge in [0.05, 0.1) is 0 Å². The number of carbonyl (C=O) groups is 2. The van der Waals surface area contributed by atoms with E-state index in [2.05, 4.69) is 10.4 Å². The molecular formula is C17H21N3O3. The summed E-state index contributed by atoms with van der Waals surface area (Å²) in [5, 5.41) is 16.0. The molecule has 0 aliphatic rings. The first-order valence-electron chi connectivity index (χ1n) is 7.50. The molecule has 2 rings (SSSR count). The van der Waals surface area contributed by atoms with Gasteiger partial charge in [0.2, 0.25) is 0 Å². The van der Waals surface area contributed by atoms with Crippen LogP contribution < -0.4 is 5.32 Å². The van der Waals surface area contributed by atoms with Gasteiger partial charge in [-0.15, -0.1) is 0 Å². The number of rotatable bonds is 6. The highest BCUT2D eigenvalue weighted by atomic mass is 16.4. The topological polar surface area (TPSA) is 84.2 Å². The number of amides is 1. The smallest absolute Gasteiger partial charge is 0.326 e. The summed E-state index contributed by atoms with van der Waals surface area (Å²) in [7, 11) is 1.77. The number of benzene rings is 1. The molecule has 2 N–H and O–H groups in total. The van der Waals surface area contributed by atoms with E-state index in [9.17, 15) is 14.7 Å². The molecule has 6 heteroatoms. The highest BCUT2D eigenvalue weighted by Gasteiger charge is 2.23. The first-order valence-corrected chi connectivity index (χ1v) is 7.50. The van der Waals surface area contributed by atoms with Gasteiger partial charge in [-0.25, -0.2) is 4.79 Å². The van der Waals surface area contributed by atoms with Crippen LogP contribution in [-0.2, 0) is 18.3 Å². The van der Waals surface area contributed by atoms with E-state index in [0.29, 0.717) is 0 Å². The molecule has 1 amide bonds. The maximum atomic E-state index is 12.3. The molecule has 0 fully saturated rings. The van der Waals surface area contributed by atoms with Crippen molar-refractivity contribution in [3.8, 4) is 0 Å². The van der Waals surface area contributed by atoms with Crippen molar-refractivity contribution < 1.29 is 14.7 Å². The second-order valence-corrected chi connectivity index (χ2v) is 5.79. The largest absolute Gasteiger partial charge is 0.480 e. The number of hydrogen-bond acceptors (Lipinski definition) is 3. The van der Waals surface area contributed by atoms with Gasteiger partial charge >= 0.3 is 5.97 Å². The summed E-state index contributed by atoms with van der Waals surface area (Å²) in [6.07, 6.45) is 0.228. The molecule has 0 aliphatic heterocycles. The van der Waals surface area contributed by atoms with Gasteiger partial charge < -0.3 is 10.4 Å². The number of hydrogen-bond donors (Lipinski definition) is 2. The van der Waals surface area contributed by atoms with Crippen molar-refractivity contribution in [1.82, 2.24) is 15.1 Å². The van der Waals surface area contributed by atoms with Crippen molar-refractivity contribution in [3.05, 3.63) is 53.3 Å². The second kappa shape index (κ2) is 7.09. The van der Waals surface area contributed by atoms with Gasteiger partial charge in [-0.05, 0) is 17.5 Å². The molecule has 122 valence electrons. The van der Waals surface area contributed by atoms with Gasteiger partial charge in [0, 0.05) is 19.2 Å². The fourth-order valence-electron chi connectivity index (χ4n) is 2.42. The third-order valence-corrected chi connectivity index (χ3v) is 3.63. The van der Waals surface area contributed by atoms with Gasteiger partial charge in [-0.2, -0.15) is 5.10 Å². The first-order chi connectivity index (χ1) is 10.9. The highest BCUT2D eigenvalue weighted by molar-refractivity contribution is 5.95. The third-order valence-electron chi connectivity index (χ3n) is 3.63. The first kappa shape index (κ1) is 16.7. The van der Waals surface area contributed by atoms with Crippen LogP contribution in [0.1, 0.15) is 41.5 Å². The summed E-state index contributed by atoms with van der Waals surface area (Å²) in [5.41, 5.74) is 2.00. The molecule has 2 aromatic rings. The van der Waals surface area contributed by atoms with Gasteiger partial charge in [-0.3, -0.25) is 9.48 Å². The summed E-state index contributed by atoms with van der Waals surface area (Å²) >= 11 is 0. The van der Waals surface area contributed by atoms with Crippen molar-refractivity contribution in [3.63, 3.8) is 0 Å². The number of aromatic nitrogens is 2. The fraction of sp³-hybridized carbons (Fsp3) is 0.353. The Balaban J connectivity index is 2.12. The Labute approximate surface area is 135 Å². The summed E-state index contributed by atoms with van der Waals surface area (Å²) in [4.78, 5) is 23.7. The molecule has 1 aromatic carbocycles. The lowest BCUT2D eigenvalue weighted by Crippen LogP contribution is -2.42. The minimum atomic E-state index is -1.07. The number of carboxylic acids is 1. The van der Waals surface area contributed by atoms with Crippen LogP contribution in [0.25, 0.3) is 0 Å². The molecule has 0 spiro atoms. The standard InChI is InChI=1S/C17H21N3O3/c1-11(2)15-10-13(19-20(15)3)16(21)18-14(17(22)23)9-12-7-5-4-6-8-12/h4-8,10-11,14H,9H2,1-3H3,(H,18,21)(H,22,23). The molecule has 0 bridgehead atoms. The third kappa shape index (κ3) is 4.18. The molecule has 1 aromatic heterocycles. The van der Waals surface area contributed by atoms with Crippen molar-refractivity contribution in [1.29, 1.82) is 0 Å². The lowest BCUT2D eigenvalue weighted by molar-refractivity contribution is -0.139. The quantitative estimate of drug-likeness (QED) is 0.853. The summed E-state index contributed by atoms with van der Waals surface area (Å²) in [6.45, 7) is 4.02. The van der Waals surface area contributed by atoms with E-state index in [4.69, 9.17) is 0 Å². The van der Waals surface area contributed by atoms with E-state index in [1.165, 1.54) is 0 Å². The zero-order valence-corrected chi connectivity index (χ0v) is 13.5. The molecule has 6 nitrogen and oxygen atoms in total. The molecule has 1 unspecified atom stereocenters. The monoisotopic (exact) mass is 315 g/mol. The van der Waals surface area contributed by atoms with Crippen molar-refractivity contribution in [2.45, 2.75) is 32.2 Å². The predicted molar refractivity (Wildman–Crippen MR) is 86.3 cm³/mol. The van der Waals surface area contributed by atoms with Crippen LogP contribution in [0.4, 0.5) is 0 Å². The number of carboxylic acid groups (broad SMARTS) is 1. The number of nitrogens with one attached hydrogen (secondary N) is 1. The molecule has 0 aliphatic carbocycles. The predicted octanol–water partition coefficient (Wildman–Crippen LogP) is 1.97. The van der Waals surface area contributed by atoms with Crippen molar-refractivity contribution in [2.24, 2.45) is 7.05 Å². The van der Waals surface area contributed by atoms with E-state index in [1.807, 2.05) is 44.2 Å². The van der Waals surface area contributed by atoms with Crippen LogP contribution in [-0.4, -0.2) is 32.8 Å². The number of aliphatic carboxylic acids is 1. The van der Waals surface area contributed by atoms with E-state index in [0.717, 1.165) is 11.3 Å². The lowest BCUT2D eigenvalue weighted by Gasteiger charge is -2.13. The van der Waals surface area contributed by atoms with Gasteiger partial charge in [0.1, 0.15) is 11.7 Å². The second-order valence-electron chi connectivity index (χ2n) is 5.79. The lowest BCUT2D eigenvalue weighted by atomic mass is 10.1. The van der Waals surface area contributed by atoms with E-state index in [1.54, 1.807) is 17.8 Å². The Morgan fingerprint density at radius 2 is 1.91 bits per heavy atom. The average Bonchev–Trinajstić information content (AvgIpc) is 2.89. The molecule has 0 saturated carbocycles. The minimum Gasteiger partial charge on any atom is -0.480 e. The number of nitrogens with zero attached hydrogens (tertiary/aromatic N) is 2. The maximum Gasteiger partial charge on any atom is 0.326 e. The molecular weight excluding hydrogens is 294 g/mol. The number of aryl methyl sites for hydroxylation is 1. The van der Waals surface area contributed by atoms with Gasteiger partial charge in [0.15, 0.2) is 0 Å². The Kier molecular flexibility index (Phi) is 5.16. The van der Waals surface area contributed by atoms with Crippen LogP contribution in [0.2, 0.25) is 0 Å². The zero-order chi connectivity index (χ0) is 17.0. The molecule has 23 heavy (non-hydrogen) atoms. The Hall–Kier alpha value is -2.63. The van der Waals surface area contributed by atoms with Gasteiger partial charge in [-0.1, -0.05) is 44.2 Å². The van der Waals surface area contributed by atoms with Crippen LogP contribution >= 0.6 is 0 Å². The Morgan fingerprint density at radius 3 is 2.43 bits per heavy atom. The van der Waals surface area contributed by atoms with Crippen LogP contribution in [0.3, 0.4) is 0 Å². The Bertz CT molecular complexity index is 692. The van der Waals surface area contributed by atoms with Crippen LogP contribution in [0.5, 0.6) is 0 Å². The van der Waals surface area contributed by atoms with Gasteiger partial charge in [0.25, 0.3) is 5.91 Å². The normalized spacial score (nSPS) is 12.2. The van der Waals surface area contributed by atoms with Crippen molar-refractivity contribution in [2.75, 3.05) is 0 Å². The summed E-state index contributed by atoms with van der Waals surface area (Å²) in [5.74, 6) is -1.31. The van der Waals surface area contributed by atoms with E-state index >= 15 is 0 Å². The van der Waals surface area contributed by atoms with Crippen LogP contribution in [0, 0.1) is 0 Å². The molecule has 0 saturated heterocycles. The molecule has 1 atom stereocenters.